The molecular formula is C12H23ClN2. The number of aromatic nitrogens is 2. The second-order valence-electron chi connectivity index (χ2n) is 4.06. The zero-order chi connectivity index (χ0) is 10.2. The summed E-state index contributed by atoms with van der Waals surface area (Å²) in [5, 5.41) is 0. The van der Waals surface area contributed by atoms with Gasteiger partial charge in [0.05, 0.1) is 6.33 Å². The lowest BCUT2D eigenvalue weighted by Crippen LogP contribution is -2.01. The molecule has 88 valence electrons. The zero-order valence-corrected chi connectivity index (χ0v) is 10.7. The third-order valence-corrected chi connectivity index (χ3v) is 2.76. The Bertz CT molecular complexity index is 222. The van der Waals surface area contributed by atoms with Crippen molar-refractivity contribution in [2.24, 2.45) is 0 Å². The van der Waals surface area contributed by atoms with E-state index in [2.05, 4.69) is 29.6 Å². The van der Waals surface area contributed by atoms with Crippen molar-refractivity contribution in [1.82, 2.24) is 9.55 Å². The maximum absolute atomic E-state index is 4.06. The Kier molecular flexibility index (Phi) is 8.49. The predicted octanol–water partition coefficient (Wildman–Crippen LogP) is 4.23. The van der Waals surface area contributed by atoms with Gasteiger partial charge < -0.3 is 4.57 Å². The van der Waals surface area contributed by atoms with E-state index in [-0.39, 0.29) is 12.4 Å². The van der Waals surface area contributed by atoms with Crippen molar-refractivity contribution in [3.63, 3.8) is 0 Å². The van der Waals surface area contributed by atoms with Gasteiger partial charge in [-0.1, -0.05) is 39.0 Å². The number of hydrogen-bond acceptors (Lipinski definition) is 1. The molecule has 0 aromatic carbocycles. The third-order valence-electron chi connectivity index (χ3n) is 2.76. The van der Waals surface area contributed by atoms with Crippen LogP contribution in [0, 0.1) is 0 Å². The van der Waals surface area contributed by atoms with Gasteiger partial charge in [-0.15, -0.1) is 12.4 Å². The molecule has 1 heterocycles. The second kappa shape index (κ2) is 8.78. The van der Waals surface area contributed by atoms with Crippen LogP contribution in [0.5, 0.6) is 0 Å². The summed E-state index contributed by atoms with van der Waals surface area (Å²) in [5.41, 5.74) is 0. The highest BCUT2D eigenvalue weighted by Crippen LogP contribution is 2.15. The molecule has 0 aliphatic heterocycles. The molecule has 0 spiro atoms. The standard InChI is InChI=1S/C12H22N2.ClH/c1-3-4-5-6-7-8-12(2)14-10-9-13-11-14;/h9-12H,3-8H2,1-2H3;1H. The Hall–Kier alpha value is -0.500. The van der Waals surface area contributed by atoms with Crippen molar-refractivity contribution >= 4 is 12.4 Å². The average Bonchev–Trinajstić information content (AvgIpc) is 2.70. The zero-order valence-electron chi connectivity index (χ0n) is 9.85. The summed E-state index contributed by atoms with van der Waals surface area (Å²) >= 11 is 0. The lowest BCUT2D eigenvalue weighted by molar-refractivity contribution is 0.469. The monoisotopic (exact) mass is 230 g/mol. The molecule has 2 nitrogen and oxygen atoms in total. The van der Waals surface area contributed by atoms with E-state index in [9.17, 15) is 0 Å². The summed E-state index contributed by atoms with van der Waals surface area (Å²) in [6.07, 6.45) is 13.9. The lowest BCUT2D eigenvalue weighted by Gasteiger charge is -2.12. The summed E-state index contributed by atoms with van der Waals surface area (Å²) in [5.74, 6) is 0. The number of halogens is 1. The smallest absolute Gasteiger partial charge is 0.0948 e. The van der Waals surface area contributed by atoms with Gasteiger partial charge in [0.2, 0.25) is 0 Å². The number of rotatable bonds is 7. The Morgan fingerprint density at radius 2 is 1.93 bits per heavy atom. The Labute approximate surface area is 99.5 Å². The highest BCUT2D eigenvalue weighted by Gasteiger charge is 2.02. The first kappa shape index (κ1) is 14.5. The van der Waals surface area contributed by atoms with E-state index in [0.717, 1.165) is 0 Å². The van der Waals surface area contributed by atoms with Crippen molar-refractivity contribution in [2.75, 3.05) is 0 Å². The summed E-state index contributed by atoms with van der Waals surface area (Å²) < 4.78 is 2.19. The molecule has 0 radical (unpaired) electrons. The van der Waals surface area contributed by atoms with Crippen LogP contribution >= 0.6 is 12.4 Å². The molecule has 1 aromatic rings. The largest absolute Gasteiger partial charge is 0.335 e. The van der Waals surface area contributed by atoms with Gasteiger partial charge in [0.15, 0.2) is 0 Å². The highest BCUT2D eigenvalue weighted by molar-refractivity contribution is 5.85. The van der Waals surface area contributed by atoms with Crippen LogP contribution in [0.4, 0.5) is 0 Å². The van der Waals surface area contributed by atoms with Crippen LogP contribution in [-0.4, -0.2) is 9.55 Å². The summed E-state index contributed by atoms with van der Waals surface area (Å²) in [7, 11) is 0. The number of unbranched alkanes of at least 4 members (excludes halogenated alkanes) is 4. The first-order valence-corrected chi connectivity index (χ1v) is 5.82. The van der Waals surface area contributed by atoms with Crippen molar-refractivity contribution in [1.29, 1.82) is 0 Å². The van der Waals surface area contributed by atoms with E-state index >= 15 is 0 Å². The molecular weight excluding hydrogens is 208 g/mol. The molecule has 0 amide bonds. The number of nitrogens with zero attached hydrogens (tertiary/aromatic N) is 2. The minimum absolute atomic E-state index is 0. The van der Waals surface area contributed by atoms with Gasteiger partial charge in [-0.3, -0.25) is 0 Å². The van der Waals surface area contributed by atoms with E-state index in [1.807, 2.05) is 12.5 Å². The molecule has 1 rings (SSSR count). The van der Waals surface area contributed by atoms with E-state index in [4.69, 9.17) is 0 Å². The normalized spacial score (nSPS) is 12.1. The van der Waals surface area contributed by atoms with Gasteiger partial charge in [-0.25, -0.2) is 4.98 Å². The molecule has 15 heavy (non-hydrogen) atoms. The molecule has 1 aromatic heterocycles. The Morgan fingerprint density at radius 1 is 1.20 bits per heavy atom. The van der Waals surface area contributed by atoms with Gasteiger partial charge in [-0.05, 0) is 13.3 Å². The van der Waals surface area contributed by atoms with E-state index in [1.165, 1.54) is 38.5 Å². The molecule has 1 atom stereocenters. The fraction of sp³-hybridized carbons (Fsp3) is 0.750. The third kappa shape index (κ3) is 5.83. The topological polar surface area (TPSA) is 17.8 Å². The van der Waals surface area contributed by atoms with Crippen molar-refractivity contribution in [3.8, 4) is 0 Å². The van der Waals surface area contributed by atoms with E-state index in [0.29, 0.717) is 6.04 Å². The Balaban J connectivity index is 0.00000196. The van der Waals surface area contributed by atoms with Gasteiger partial charge >= 0.3 is 0 Å². The van der Waals surface area contributed by atoms with Gasteiger partial charge in [0.25, 0.3) is 0 Å². The maximum atomic E-state index is 4.06. The van der Waals surface area contributed by atoms with Crippen LogP contribution in [0.25, 0.3) is 0 Å². The number of imidazole rings is 1. The van der Waals surface area contributed by atoms with Crippen LogP contribution < -0.4 is 0 Å². The van der Waals surface area contributed by atoms with Gasteiger partial charge in [0, 0.05) is 18.4 Å². The fourth-order valence-corrected chi connectivity index (χ4v) is 1.72. The lowest BCUT2D eigenvalue weighted by atomic mass is 10.1. The van der Waals surface area contributed by atoms with Crippen LogP contribution in [0.2, 0.25) is 0 Å². The molecule has 0 N–H and O–H groups in total. The van der Waals surface area contributed by atoms with Crippen LogP contribution in [0.3, 0.4) is 0 Å². The molecule has 0 fully saturated rings. The van der Waals surface area contributed by atoms with Crippen molar-refractivity contribution < 1.29 is 0 Å². The minimum Gasteiger partial charge on any atom is -0.335 e. The first-order chi connectivity index (χ1) is 6.84. The average molecular weight is 231 g/mol. The quantitative estimate of drug-likeness (QED) is 0.641. The van der Waals surface area contributed by atoms with E-state index in [1.54, 1.807) is 0 Å². The fourth-order valence-electron chi connectivity index (χ4n) is 1.72. The maximum Gasteiger partial charge on any atom is 0.0948 e. The van der Waals surface area contributed by atoms with Crippen molar-refractivity contribution in [2.45, 2.75) is 58.4 Å². The molecule has 1 unspecified atom stereocenters. The molecule has 0 bridgehead atoms. The minimum atomic E-state index is 0. The molecule has 0 aliphatic rings. The van der Waals surface area contributed by atoms with E-state index < -0.39 is 0 Å². The van der Waals surface area contributed by atoms with Gasteiger partial charge in [0.1, 0.15) is 0 Å². The van der Waals surface area contributed by atoms with Crippen molar-refractivity contribution in [3.05, 3.63) is 18.7 Å². The molecule has 3 heteroatoms. The highest BCUT2D eigenvalue weighted by atomic mass is 35.5. The van der Waals surface area contributed by atoms with Crippen LogP contribution in [0.1, 0.15) is 58.4 Å². The molecule has 0 aliphatic carbocycles. The Morgan fingerprint density at radius 3 is 2.53 bits per heavy atom. The summed E-state index contributed by atoms with van der Waals surface area (Å²) in [4.78, 5) is 4.06. The first-order valence-electron chi connectivity index (χ1n) is 5.82. The van der Waals surface area contributed by atoms with Gasteiger partial charge in [-0.2, -0.15) is 0 Å². The predicted molar refractivity (Wildman–Crippen MR) is 67.6 cm³/mol. The molecule has 0 saturated carbocycles. The number of hydrogen-bond donors (Lipinski definition) is 0. The summed E-state index contributed by atoms with van der Waals surface area (Å²) in [6.45, 7) is 4.52. The summed E-state index contributed by atoms with van der Waals surface area (Å²) in [6, 6.07) is 0.610. The molecule has 0 saturated heterocycles. The van der Waals surface area contributed by atoms with Crippen LogP contribution in [0.15, 0.2) is 18.7 Å². The SMILES string of the molecule is CCCCCCCC(C)n1ccnc1.Cl. The van der Waals surface area contributed by atoms with Crippen LogP contribution in [-0.2, 0) is 0 Å². The second-order valence-corrected chi connectivity index (χ2v) is 4.06.